The van der Waals surface area contributed by atoms with Crippen molar-refractivity contribution in [3.05, 3.63) is 60.2 Å². The van der Waals surface area contributed by atoms with Gasteiger partial charge >= 0.3 is 6.18 Å². The summed E-state index contributed by atoms with van der Waals surface area (Å²) in [4.78, 5) is 3.79. The van der Waals surface area contributed by atoms with Crippen molar-refractivity contribution < 1.29 is 27.1 Å². The van der Waals surface area contributed by atoms with Gasteiger partial charge in [-0.05, 0) is 34.2 Å². The van der Waals surface area contributed by atoms with E-state index in [1.165, 1.54) is 18.2 Å². The Morgan fingerprint density at radius 2 is 1.81 bits per heavy atom. The molecule has 3 unspecified atom stereocenters. The van der Waals surface area contributed by atoms with Crippen molar-refractivity contribution in [1.29, 1.82) is 0 Å². The second-order valence-electron chi connectivity index (χ2n) is 5.61. The smallest absolute Gasteiger partial charge is 0.385 e. The number of benzene rings is 1. The number of aliphatic hydroxyl groups is 1. The van der Waals surface area contributed by atoms with Crippen molar-refractivity contribution in [1.82, 2.24) is 25.2 Å². The lowest BCUT2D eigenvalue weighted by atomic mass is 10.0. The highest BCUT2D eigenvalue weighted by Crippen LogP contribution is 2.33. The van der Waals surface area contributed by atoms with E-state index in [1.807, 2.05) is 0 Å². The predicted molar refractivity (Wildman–Crippen MR) is 82.5 cm³/mol. The Bertz CT molecular complexity index is 885. The topological polar surface area (TPSA) is 76.7 Å². The molecule has 0 saturated heterocycles. The minimum atomic E-state index is -4.50. The summed E-state index contributed by atoms with van der Waals surface area (Å²) in [7, 11) is 0. The van der Waals surface area contributed by atoms with Crippen molar-refractivity contribution in [3.8, 4) is 11.1 Å². The van der Waals surface area contributed by atoms with E-state index in [9.17, 15) is 27.1 Å². The molecular formula is C16H12F5N5O. The minimum absolute atomic E-state index is 0.233. The molecule has 1 aromatic carbocycles. The van der Waals surface area contributed by atoms with Crippen LogP contribution < -0.4 is 0 Å². The van der Waals surface area contributed by atoms with Crippen LogP contribution in [0.15, 0.2) is 48.9 Å². The fourth-order valence-corrected chi connectivity index (χ4v) is 2.37. The zero-order valence-corrected chi connectivity index (χ0v) is 13.4. The highest BCUT2D eigenvalue weighted by molar-refractivity contribution is 5.63. The first kappa shape index (κ1) is 18.8. The molecule has 2 aromatic heterocycles. The van der Waals surface area contributed by atoms with E-state index >= 15 is 0 Å². The summed E-state index contributed by atoms with van der Waals surface area (Å²) in [6.07, 6.45) is -9.02. The first-order valence-electron chi connectivity index (χ1n) is 7.59. The standard InChI is InChI=1S/C16H12F5N5O/c17-13(14(27)15(18)26-8-23-24-25-26)12-5-4-10(7-22-12)9-2-1-3-11(6-9)16(19,20)21/h1-8,13-15,27H. The van der Waals surface area contributed by atoms with E-state index in [0.717, 1.165) is 30.7 Å². The monoisotopic (exact) mass is 385 g/mol. The zero-order chi connectivity index (χ0) is 19.6. The van der Waals surface area contributed by atoms with E-state index < -0.39 is 30.3 Å². The maximum absolute atomic E-state index is 14.3. The van der Waals surface area contributed by atoms with Gasteiger partial charge < -0.3 is 5.11 Å². The van der Waals surface area contributed by atoms with Crippen molar-refractivity contribution in [3.63, 3.8) is 0 Å². The molecule has 0 saturated carbocycles. The summed E-state index contributed by atoms with van der Waals surface area (Å²) in [6.45, 7) is 0. The molecular weight excluding hydrogens is 373 g/mol. The van der Waals surface area contributed by atoms with E-state index in [0.29, 0.717) is 10.2 Å². The van der Waals surface area contributed by atoms with E-state index in [2.05, 4.69) is 20.5 Å². The van der Waals surface area contributed by atoms with Gasteiger partial charge in [-0.15, -0.1) is 5.10 Å². The van der Waals surface area contributed by atoms with Crippen molar-refractivity contribution in [2.45, 2.75) is 24.7 Å². The van der Waals surface area contributed by atoms with Crippen LogP contribution in [0.25, 0.3) is 11.1 Å². The fourth-order valence-electron chi connectivity index (χ4n) is 2.37. The summed E-state index contributed by atoms with van der Waals surface area (Å²) >= 11 is 0. The second kappa shape index (κ2) is 7.35. The summed E-state index contributed by atoms with van der Waals surface area (Å²) < 4.78 is 67.3. The van der Waals surface area contributed by atoms with Crippen LogP contribution in [0.5, 0.6) is 0 Å². The van der Waals surface area contributed by atoms with Crippen LogP contribution in [0.1, 0.15) is 23.7 Å². The number of halogens is 5. The number of alkyl halides is 5. The first-order valence-corrected chi connectivity index (χ1v) is 7.59. The molecule has 0 aliphatic carbocycles. The molecule has 11 heteroatoms. The highest BCUT2D eigenvalue weighted by Gasteiger charge is 2.32. The van der Waals surface area contributed by atoms with E-state index in [1.54, 1.807) is 0 Å². The number of rotatable bonds is 5. The molecule has 0 spiro atoms. The normalized spacial score (nSPS) is 15.3. The summed E-state index contributed by atoms with van der Waals surface area (Å²) in [6, 6.07) is 7.06. The Labute approximate surface area is 149 Å². The third-order valence-electron chi connectivity index (χ3n) is 3.79. The van der Waals surface area contributed by atoms with Gasteiger partial charge in [0.15, 0.2) is 6.17 Å². The number of hydrogen-bond acceptors (Lipinski definition) is 5. The van der Waals surface area contributed by atoms with Crippen LogP contribution in [-0.4, -0.2) is 36.4 Å². The number of tetrazole rings is 1. The zero-order valence-electron chi connectivity index (χ0n) is 13.4. The molecule has 6 nitrogen and oxygen atoms in total. The lowest BCUT2D eigenvalue weighted by Gasteiger charge is -2.18. The number of nitrogens with zero attached hydrogens (tertiary/aromatic N) is 5. The Morgan fingerprint density at radius 1 is 1.04 bits per heavy atom. The Kier molecular flexibility index (Phi) is 5.13. The van der Waals surface area contributed by atoms with Crippen molar-refractivity contribution in [2.24, 2.45) is 0 Å². The molecule has 0 aliphatic heterocycles. The van der Waals surface area contributed by atoms with Crippen LogP contribution in [0.3, 0.4) is 0 Å². The molecule has 0 fully saturated rings. The van der Waals surface area contributed by atoms with Crippen LogP contribution in [-0.2, 0) is 6.18 Å². The third kappa shape index (κ3) is 4.08. The van der Waals surface area contributed by atoms with Gasteiger partial charge in [0.1, 0.15) is 12.4 Å². The minimum Gasteiger partial charge on any atom is -0.385 e. The van der Waals surface area contributed by atoms with Crippen molar-refractivity contribution in [2.75, 3.05) is 0 Å². The molecule has 0 bridgehead atoms. The molecule has 2 heterocycles. The van der Waals surface area contributed by atoms with Gasteiger partial charge in [-0.3, -0.25) is 4.98 Å². The number of hydrogen-bond donors (Lipinski definition) is 1. The summed E-state index contributed by atoms with van der Waals surface area (Å²) in [5.41, 5.74) is -0.570. The lowest BCUT2D eigenvalue weighted by Crippen LogP contribution is -2.26. The largest absolute Gasteiger partial charge is 0.416 e. The van der Waals surface area contributed by atoms with Gasteiger partial charge in [-0.1, -0.05) is 18.2 Å². The first-order chi connectivity index (χ1) is 12.8. The average molecular weight is 385 g/mol. The average Bonchev–Trinajstić information content (AvgIpc) is 3.20. The van der Waals surface area contributed by atoms with Gasteiger partial charge in [-0.2, -0.15) is 17.9 Å². The quantitative estimate of drug-likeness (QED) is 0.682. The Balaban J connectivity index is 1.79. The number of aliphatic hydroxyl groups excluding tert-OH is 1. The predicted octanol–water partition coefficient (Wildman–Crippen LogP) is 3.29. The number of aromatic nitrogens is 5. The Hall–Kier alpha value is -2.95. The molecule has 1 N–H and O–H groups in total. The molecule has 3 rings (SSSR count). The van der Waals surface area contributed by atoms with Gasteiger partial charge in [0.25, 0.3) is 0 Å². The highest BCUT2D eigenvalue weighted by atomic mass is 19.4. The van der Waals surface area contributed by atoms with E-state index in [4.69, 9.17) is 0 Å². The molecule has 3 atom stereocenters. The number of pyridine rings is 1. The summed E-state index contributed by atoms with van der Waals surface area (Å²) in [5.74, 6) is 0. The Morgan fingerprint density at radius 3 is 2.41 bits per heavy atom. The maximum Gasteiger partial charge on any atom is 0.416 e. The van der Waals surface area contributed by atoms with Gasteiger partial charge in [-0.25, -0.2) is 8.78 Å². The molecule has 0 amide bonds. The van der Waals surface area contributed by atoms with Gasteiger partial charge in [0.2, 0.25) is 6.30 Å². The molecule has 0 aliphatic rings. The SMILES string of the molecule is OC(C(F)c1ccc(-c2cccc(C(F)(F)F)c2)cn1)C(F)n1cnnn1. The molecule has 3 aromatic rings. The van der Waals surface area contributed by atoms with E-state index in [-0.39, 0.29) is 11.3 Å². The van der Waals surface area contributed by atoms with Crippen LogP contribution in [0.4, 0.5) is 22.0 Å². The van der Waals surface area contributed by atoms with Crippen molar-refractivity contribution >= 4 is 0 Å². The lowest BCUT2D eigenvalue weighted by molar-refractivity contribution is -0.137. The van der Waals surface area contributed by atoms with Gasteiger partial charge in [0, 0.05) is 11.8 Å². The summed E-state index contributed by atoms with van der Waals surface area (Å²) in [5, 5.41) is 19.4. The molecule has 27 heavy (non-hydrogen) atoms. The molecule has 142 valence electrons. The molecule has 0 radical (unpaired) electrons. The van der Waals surface area contributed by atoms with Gasteiger partial charge in [0.05, 0.1) is 11.3 Å². The van der Waals surface area contributed by atoms with Crippen LogP contribution >= 0.6 is 0 Å². The second-order valence-corrected chi connectivity index (χ2v) is 5.61. The fraction of sp³-hybridized carbons (Fsp3) is 0.250. The maximum atomic E-state index is 14.3. The van der Waals surface area contributed by atoms with Crippen LogP contribution in [0.2, 0.25) is 0 Å². The van der Waals surface area contributed by atoms with Crippen LogP contribution in [0, 0.1) is 0 Å². The third-order valence-corrected chi connectivity index (χ3v) is 3.79.